The Kier molecular flexibility index (Phi) is 9.35. The van der Waals surface area contributed by atoms with E-state index in [9.17, 15) is 0 Å². The summed E-state index contributed by atoms with van der Waals surface area (Å²) in [6, 6.07) is 32.2. The average Bonchev–Trinajstić information content (AvgIpc) is 2.78. The van der Waals surface area contributed by atoms with E-state index in [1.165, 1.54) is 0 Å². The molecule has 26 heavy (non-hydrogen) atoms. The summed E-state index contributed by atoms with van der Waals surface area (Å²) in [5.74, 6) is 0. The molecule has 4 aromatic rings. The maximum atomic E-state index is 4.61. The third kappa shape index (κ3) is 6.55. The van der Waals surface area contributed by atoms with Crippen LogP contribution in [0, 0.1) is 0 Å². The Balaban J connectivity index is 0.000000171. The van der Waals surface area contributed by atoms with Gasteiger partial charge >= 0.3 is 28.2 Å². The fourth-order valence-electron chi connectivity index (χ4n) is 2.28. The van der Waals surface area contributed by atoms with Crippen LogP contribution in [0.2, 0.25) is 0 Å². The van der Waals surface area contributed by atoms with E-state index >= 15 is 0 Å². The minimum atomic E-state index is 1.03. The van der Waals surface area contributed by atoms with Crippen molar-refractivity contribution in [1.29, 1.82) is 0 Å². The molecule has 0 aliphatic rings. The van der Waals surface area contributed by atoms with E-state index in [1.54, 1.807) is 18.8 Å². The van der Waals surface area contributed by atoms with Gasteiger partial charge in [-0.2, -0.15) is 0 Å². The van der Waals surface area contributed by atoms with Gasteiger partial charge in [0.05, 0.1) is 11.4 Å². The minimum absolute atomic E-state index is 1.03. The third-order valence-electron chi connectivity index (χ3n) is 3.47. The Morgan fingerprint density at radius 3 is 1.12 bits per heavy atom. The molecule has 0 fully saturated rings. The minimum Gasteiger partial charge on any atom is -0.256 e. The first-order valence-electron chi connectivity index (χ1n) is 7.98. The fourth-order valence-corrected chi connectivity index (χ4v) is 2.28. The second-order valence-corrected chi connectivity index (χ2v) is 5.16. The topological polar surface area (TPSA) is 25.8 Å². The summed E-state index contributed by atoms with van der Waals surface area (Å²) >= 11 is 1.61. The van der Waals surface area contributed by atoms with Crippen LogP contribution in [0.1, 0.15) is 0 Å². The molecule has 2 aromatic carbocycles. The molecular formula is C22H18ClN2Pt. The largest absolute Gasteiger partial charge is 0.256 e. The first kappa shape index (κ1) is 20.0. The molecule has 0 amide bonds. The molecule has 0 spiro atoms. The Labute approximate surface area is 169 Å². The molecule has 0 atom stereocenters. The third-order valence-corrected chi connectivity index (χ3v) is 3.47. The van der Waals surface area contributed by atoms with E-state index in [0.717, 1.165) is 22.5 Å². The Morgan fingerprint density at radius 1 is 0.462 bits per heavy atom. The van der Waals surface area contributed by atoms with Crippen LogP contribution in [0.4, 0.5) is 0 Å². The average molecular weight is 541 g/mol. The number of pyridine rings is 2. The number of aromatic nitrogens is 2. The summed E-state index contributed by atoms with van der Waals surface area (Å²) in [4.78, 5) is 8.50. The maximum Gasteiger partial charge on any atom is 0.0701 e. The molecule has 4 rings (SSSR count). The smallest absolute Gasteiger partial charge is 0.0701 e. The van der Waals surface area contributed by atoms with E-state index in [-0.39, 0.29) is 0 Å². The van der Waals surface area contributed by atoms with Crippen molar-refractivity contribution in [3.05, 3.63) is 109 Å². The molecular weight excluding hydrogens is 523 g/mol. The second kappa shape index (κ2) is 12.1. The summed E-state index contributed by atoms with van der Waals surface area (Å²) in [6.45, 7) is 0. The molecule has 0 saturated heterocycles. The molecule has 0 bridgehead atoms. The van der Waals surface area contributed by atoms with Gasteiger partial charge in [0.15, 0.2) is 0 Å². The zero-order valence-electron chi connectivity index (χ0n) is 14.0. The van der Waals surface area contributed by atoms with Gasteiger partial charge in [-0.1, -0.05) is 72.8 Å². The van der Waals surface area contributed by atoms with Gasteiger partial charge in [0.25, 0.3) is 0 Å². The number of hydrogen-bond acceptors (Lipinski definition) is 2. The van der Waals surface area contributed by atoms with Crippen LogP contribution in [0.15, 0.2) is 109 Å². The zero-order valence-corrected chi connectivity index (χ0v) is 17.0. The van der Waals surface area contributed by atoms with E-state index in [0.29, 0.717) is 0 Å². The van der Waals surface area contributed by atoms with Gasteiger partial charge in [-0.05, 0) is 24.3 Å². The number of halogens is 1. The van der Waals surface area contributed by atoms with Crippen LogP contribution in [0.5, 0.6) is 0 Å². The van der Waals surface area contributed by atoms with Gasteiger partial charge in [0.2, 0.25) is 0 Å². The van der Waals surface area contributed by atoms with Crippen LogP contribution in [-0.2, 0) is 18.8 Å². The normalized spacial score (nSPS) is 9.19. The fraction of sp³-hybridized carbons (Fsp3) is 0. The van der Waals surface area contributed by atoms with Gasteiger partial charge in [-0.3, -0.25) is 9.97 Å². The van der Waals surface area contributed by atoms with Crippen molar-refractivity contribution in [1.82, 2.24) is 9.97 Å². The molecule has 0 saturated carbocycles. The van der Waals surface area contributed by atoms with Gasteiger partial charge in [0, 0.05) is 23.5 Å². The summed E-state index contributed by atoms with van der Waals surface area (Å²) in [5, 5.41) is 0. The molecule has 0 N–H and O–H groups in total. The van der Waals surface area contributed by atoms with E-state index in [2.05, 4.69) is 43.7 Å². The van der Waals surface area contributed by atoms with Crippen LogP contribution in [0.25, 0.3) is 22.5 Å². The molecule has 0 radical (unpaired) electrons. The first-order valence-corrected chi connectivity index (χ1v) is 10.8. The molecule has 2 aromatic heterocycles. The quantitative estimate of drug-likeness (QED) is 0.303. The number of nitrogens with zero attached hydrogens (tertiary/aromatic N) is 2. The molecule has 0 aliphatic heterocycles. The van der Waals surface area contributed by atoms with E-state index in [4.69, 9.17) is 0 Å². The van der Waals surface area contributed by atoms with Crippen molar-refractivity contribution in [2.24, 2.45) is 0 Å². The molecule has 0 unspecified atom stereocenters. The Morgan fingerprint density at radius 2 is 0.808 bits per heavy atom. The van der Waals surface area contributed by atoms with E-state index < -0.39 is 0 Å². The standard InChI is InChI=1S/2C11H9N.ClH.Pt/c2*1-2-6-10(7-3-1)11-8-4-5-9-12-11;;/h2*1-9H;1H;/q;;;+1/p-1. The molecule has 2 heterocycles. The Bertz CT molecular complexity index is 692. The molecule has 4 heteroatoms. The number of hydrogen-bond donors (Lipinski definition) is 0. The van der Waals surface area contributed by atoms with Crippen LogP contribution >= 0.6 is 9.42 Å². The summed E-state index contributed by atoms with van der Waals surface area (Å²) in [5.41, 5.74) is 4.38. The molecule has 133 valence electrons. The van der Waals surface area contributed by atoms with Crippen molar-refractivity contribution in [3.8, 4) is 22.5 Å². The van der Waals surface area contributed by atoms with Crippen molar-refractivity contribution in [3.63, 3.8) is 0 Å². The SMILES string of the molecule is [Cl][Pt].c1ccc(-c2ccccn2)cc1.c1ccc(-c2ccccn2)cc1. The number of benzene rings is 2. The van der Waals surface area contributed by atoms with Crippen LogP contribution < -0.4 is 0 Å². The van der Waals surface area contributed by atoms with Crippen molar-refractivity contribution in [2.75, 3.05) is 0 Å². The maximum absolute atomic E-state index is 4.61. The first-order chi connectivity index (χ1) is 12.9. The predicted octanol–water partition coefficient (Wildman–Crippen LogP) is 6.18. The Hall–Kier alpha value is -2.28. The monoisotopic (exact) mass is 540 g/mol. The van der Waals surface area contributed by atoms with E-state index in [1.807, 2.05) is 85.2 Å². The second-order valence-electron chi connectivity index (χ2n) is 5.16. The van der Waals surface area contributed by atoms with Gasteiger partial charge in [0.1, 0.15) is 0 Å². The molecule has 0 aliphatic carbocycles. The summed E-state index contributed by atoms with van der Waals surface area (Å²) < 4.78 is 0. The summed E-state index contributed by atoms with van der Waals surface area (Å²) in [6.07, 6.45) is 3.62. The van der Waals surface area contributed by atoms with Crippen molar-refractivity contribution in [2.45, 2.75) is 0 Å². The molecule has 2 nitrogen and oxygen atoms in total. The van der Waals surface area contributed by atoms with Crippen LogP contribution in [-0.4, -0.2) is 9.97 Å². The van der Waals surface area contributed by atoms with Crippen LogP contribution in [0.3, 0.4) is 0 Å². The van der Waals surface area contributed by atoms with Crippen molar-refractivity contribution < 1.29 is 18.8 Å². The van der Waals surface area contributed by atoms with Crippen molar-refractivity contribution >= 4 is 9.42 Å². The zero-order chi connectivity index (χ0) is 18.5. The predicted molar refractivity (Wildman–Crippen MR) is 105 cm³/mol. The van der Waals surface area contributed by atoms with Gasteiger partial charge in [-0.15, -0.1) is 0 Å². The van der Waals surface area contributed by atoms with Gasteiger partial charge < -0.3 is 0 Å². The number of rotatable bonds is 2. The van der Waals surface area contributed by atoms with Gasteiger partial charge in [-0.25, -0.2) is 0 Å². The summed E-state index contributed by atoms with van der Waals surface area (Å²) in [7, 11) is 4.61.